The standard InChI is InChI=1S/C13H19P/c1-10-6-5-9-12(13(10)14)11-7-3-2-4-8-11/h5-6,9,11H,2-4,7-8,14H2,1H3. The Labute approximate surface area is 89.3 Å². The highest BCUT2D eigenvalue weighted by atomic mass is 31.0. The highest BCUT2D eigenvalue weighted by molar-refractivity contribution is 7.27. The minimum absolute atomic E-state index is 0.830. The van der Waals surface area contributed by atoms with Crippen LogP contribution >= 0.6 is 9.24 Å². The van der Waals surface area contributed by atoms with Crippen LogP contribution in [0.15, 0.2) is 18.2 Å². The third kappa shape index (κ3) is 2.01. The van der Waals surface area contributed by atoms with Gasteiger partial charge in [-0.3, -0.25) is 0 Å². The molecule has 0 radical (unpaired) electrons. The van der Waals surface area contributed by atoms with Gasteiger partial charge in [0.25, 0.3) is 0 Å². The summed E-state index contributed by atoms with van der Waals surface area (Å²) in [5.74, 6) is 0.830. The van der Waals surface area contributed by atoms with Gasteiger partial charge in [-0.1, -0.05) is 37.5 Å². The van der Waals surface area contributed by atoms with Gasteiger partial charge in [0, 0.05) is 0 Å². The van der Waals surface area contributed by atoms with Gasteiger partial charge in [0.2, 0.25) is 0 Å². The lowest BCUT2D eigenvalue weighted by atomic mass is 9.83. The first-order valence-electron chi connectivity index (χ1n) is 5.64. The highest BCUT2D eigenvalue weighted by Gasteiger charge is 2.17. The smallest absolute Gasteiger partial charge is 0.0156 e. The van der Waals surface area contributed by atoms with Crippen molar-refractivity contribution in [2.75, 3.05) is 0 Å². The molecule has 1 unspecified atom stereocenters. The lowest BCUT2D eigenvalue weighted by molar-refractivity contribution is 0.445. The second-order valence-corrected chi connectivity index (χ2v) is 4.99. The van der Waals surface area contributed by atoms with Gasteiger partial charge in [-0.25, -0.2) is 0 Å². The van der Waals surface area contributed by atoms with Gasteiger partial charge >= 0.3 is 0 Å². The van der Waals surface area contributed by atoms with Gasteiger partial charge < -0.3 is 0 Å². The normalized spacial score (nSPS) is 18.4. The van der Waals surface area contributed by atoms with Crippen LogP contribution in [0.2, 0.25) is 0 Å². The quantitative estimate of drug-likeness (QED) is 0.616. The van der Waals surface area contributed by atoms with Crippen molar-refractivity contribution in [2.24, 2.45) is 0 Å². The van der Waals surface area contributed by atoms with Crippen LogP contribution in [0, 0.1) is 6.92 Å². The second-order valence-electron chi connectivity index (χ2n) is 4.41. The molecule has 1 saturated carbocycles. The Morgan fingerprint density at radius 1 is 1.14 bits per heavy atom. The van der Waals surface area contributed by atoms with Gasteiger partial charge in [-0.05, 0) is 42.1 Å². The Bertz CT molecular complexity index is 311. The number of benzene rings is 1. The van der Waals surface area contributed by atoms with Crippen LogP contribution in [0.5, 0.6) is 0 Å². The van der Waals surface area contributed by atoms with Gasteiger partial charge in [0.15, 0.2) is 0 Å². The summed E-state index contributed by atoms with van der Waals surface area (Å²) in [7, 11) is 2.92. The molecule has 2 rings (SSSR count). The first-order valence-corrected chi connectivity index (χ1v) is 6.22. The van der Waals surface area contributed by atoms with E-state index in [-0.39, 0.29) is 0 Å². The van der Waals surface area contributed by atoms with Crippen molar-refractivity contribution in [2.45, 2.75) is 44.9 Å². The van der Waals surface area contributed by atoms with Gasteiger partial charge in [-0.2, -0.15) is 0 Å². The molecule has 1 aliphatic carbocycles. The molecule has 0 spiro atoms. The van der Waals surface area contributed by atoms with E-state index in [1.807, 2.05) is 0 Å². The lowest BCUT2D eigenvalue weighted by Crippen LogP contribution is -2.13. The Morgan fingerprint density at radius 3 is 2.57 bits per heavy atom. The summed E-state index contributed by atoms with van der Waals surface area (Å²) in [6, 6.07) is 6.72. The predicted octanol–water partition coefficient (Wildman–Crippen LogP) is 3.54. The molecule has 1 aromatic rings. The van der Waals surface area contributed by atoms with Crippen molar-refractivity contribution in [3.63, 3.8) is 0 Å². The van der Waals surface area contributed by atoms with Crippen molar-refractivity contribution in [3.05, 3.63) is 29.3 Å². The molecule has 1 heteroatoms. The fourth-order valence-electron chi connectivity index (χ4n) is 2.47. The van der Waals surface area contributed by atoms with Crippen molar-refractivity contribution < 1.29 is 0 Å². The van der Waals surface area contributed by atoms with Gasteiger partial charge in [0.05, 0.1) is 0 Å². The van der Waals surface area contributed by atoms with Crippen LogP contribution in [0.3, 0.4) is 0 Å². The summed E-state index contributed by atoms with van der Waals surface area (Å²) in [6.07, 6.45) is 7.07. The minimum Gasteiger partial charge on any atom is -0.105 e. The predicted molar refractivity (Wildman–Crippen MR) is 66.3 cm³/mol. The molecule has 0 saturated heterocycles. The number of hydrogen-bond donors (Lipinski definition) is 0. The third-order valence-electron chi connectivity index (χ3n) is 3.40. The zero-order valence-electron chi connectivity index (χ0n) is 8.92. The van der Waals surface area contributed by atoms with E-state index in [2.05, 4.69) is 34.4 Å². The van der Waals surface area contributed by atoms with E-state index in [1.54, 1.807) is 5.56 Å². The topological polar surface area (TPSA) is 0 Å². The van der Waals surface area contributed by atoms with Crippen molar-refractivity contribution in [1.82, 2.24) is 0 Å². The molecule has 0 nitrogen and oxygen atoms in total. The molecular weight excluding hydrogens is 187 g/mol. The van der Waals surface area contributed by atoms with E-state index < -0.39 is 0 Å². The third-order valence-corrected chi connectivity index (χ3v) is 4.19. The lowest BCUT2D eigenvalue weighted by Gasteiger charge is -2.24. The monoisotopic (exact) mass is 206 g/mol. The number of rotatable bonds is 1. The van der Waals surface area contributed by atoms with Crippen LogP contribution in [0.4, 0.5) is 0 Å². The molecule has 0 heterocycles. The maximum atomic E-state index is 2.92. The first kappa shape index (κ1) is 10.2. The Balaban J connectivity index is 2.26. The summed E-state index contributed by atoms with van der Waals surface area (Å²) in [6.45, 7) is 2.20. The largest absolute Gasteiger partial charge is 0.105 e. The first-order chi connectivity index (χ1) is 6.79. The highest BCUT2D eigenvalue weighted by Crippen LogP contribution is 2.32. The van der Waals surface area contributed by atoms with E-state index in [0.29, 0.717) is 0 Å². The fourth-order valence-corrected chi connectivity index (χ4v) is 2.90. The van der Waals surface area contributed by atoms with Gasteiger partial charge in [0.1, 0.15) is 0 Å². The summed E-state index contributed by atoms with van der Waals surface area (Å²) >= 11 is 0. The minimum atomic E-state index is 0.830. The number of aryl methyl sites for hydroxylation is 1. The molecule has 1 aromatic carbocycles. The van der Waals surface area contributed by atoms with Crippen LogP contribution in [0.1, 0.15) is 49.1 Å². The Kier molecular flexibility index (Phi) is 3.23. The Hall–Kier alpha value is -0.350. The zero-order valence-corrected chi connectivity index (χ0v) is 10.1. The Morgan fingerprint density at radius 2 is 1.86 bits per heavy atom. The summed E-state index contributed by atoms with van der Waals surface area (Å²) in [5, 5.41) is 1.44. The molecule has 0 amide bonds. The summed E-state index contributed by atoms with van der Waals surface area (Å²) < 4.78 is 0. The van der Waals surface area contributed by atoms with E-state index in [9.17, 15) is 0 Å². The van der Waals surface area contributed by atoms with Crippen LogP contribution < -0.4 is 5.30 Å². The van der Waals surface area contributed by atoms with Gasteiger partial charge in [-0.15, -0.1) is 9.24 Å². The molecule has 0 bridgehead atoms. The van der Waals surface area contributed by atoms with E-state index in [1.165, 1.54) is 43.0 Å². The second kappa shape index (κ2) is 4.45. The molecule has 76 valence electrons. The molecule has 0 aromatic heterocycles. The zero-order chi connectivity index (χ0) is 9.97. The summed E-state index contributed by atoms with van der Waals surface area (Å²) in [4.78, 5) is 0. The van der Waals surface area contributed by atoms with E-state index in [4.69, 9.17) is 0 Å². The number of hydrogen-bond acceptors (Lipinski definition) is 0. The molecule has 1 fully saturated rings. The average molecular weight is 206 g/mol. The van der Waals surface area contributed by atoms with Crippen molar-refractivity contribution in [3.8, 4) is 0 Å². The molecule has 14 heavy (non-hydrogen) atoms. The van der Waals surface area contributed by atoms with E-state index >= 15 is 0 Å². The summed E-state index contributed by atoms with van der Waals surface area (Å²) in [5.41, 5.74) is 2.99. The van der Waals surface area contributed by atoms with E-state index in [0.717, 1.165) is 5.92 Å². The molecule has 1 atom stereocenters. The molecule has 0 N–H and O–H groups in total. The van der Waals surface area contributed by atoms with Crippen molar-refractivity contribution >= 4 is 14.5 Å². The van der Waals surface area contributed by atoms with Crippen molar-refractivity contribution in [1.29, 1.82) is 0 Å². The molecule has 1 aliphatic rings. The fraction of sp³-hybridized carbons (Fsp3) is 0.538. The van der Waals surface area contributed by atoms with Crippen LogP contribution in [-0.4, -0.2) is 0 Å². The molecular formula is C13H19P. The average Bonchev–Trinajstić information content (AvgIpc) is 2.23. The maximum absolute atomic E-state index is 2.92. The van der Waals surface area contributed by atoms with Crippen LogP contribution in [0.25, 0.3) is 0 Å². The van der Waals surface area contributed by atoms with Crippen LogP contribution in [-0.2, 0) is 0 Å². The maximum Gasteiger partial charge on any atom is -0.0156 e. The SMILES string of the molecule is Cc1cccc(C2CCCCC2)c1P. The molecule has 0 aliphatic heterocycles.